The number of methoxy groups -OCH3 is 1. The first-order valence-corrected chi connectivity index (χ1v) is 7.93. The Morgan fingerprint density at radius 2 is 2.00 bits per heavy atom. The van der Waals surface area contributed by atoms with Crippen LogP contribution in [0.2, 0.25) is 0 Å². The number of pyridine rings is 1. The molecule has 0 aliphatic carbocycles. The van der Waals surface area contributed by atoms with Crippen LogP contribution in [0.1, 0.15) is 29.3 Å². The molecule has 0 saturated heterocycles. The zero-order valence-electron chi connectivity index (χ0n) is 12.7. The van der Waals surface area contributed by atoms with Crippen molar-refractivity contribution in [2.45, 2.75) is 25.8 Å². The molecule has 5 heteroatoms. The van der Waals surface area contributed by atoms with Crippen LogP contribution >= 0.6 is 15.9 Å². The predicted octanol–water partition coefficient (Wildman–Crippen LogP) is 3.60. The van der Waals surface area contributed by atoms with E-state index < -0.39 is 0 Å². The maximum absolute atomic E-state index is 12.1. The Hall–Kier alpha value is -1.88. The summed E-state index contributed by atoms with van der Waals surface area (Å²) in [6.07, 6.45) is 3.34. The minimum absolute atomic E-state index is 0.0956. The van der Waals surface area contributed by atoms with Crippen molar-refractivity contribution in [2.24, 2.45) is 0 Å². The molecule has 1 unspecified atom stereocenters. The fourth-order valence-electron chi connectivity index (χ4n) is 2.05. The SMILES string of the molecule is COc1ccc(C(=O)NC(C)CCc2ccc(Br)cc2)cn1. The van der Waals surface area contributed by atoms with E-state index in [0.717, 1.165) is 17.3 Å². The average molecular weight is 363 g/mol. The van der Waals surface area contributed by atoms with Gasteiger partial charge in [0.05, 0.1) is 12.7 Å². The van der Waals surface area contributed by atoms with Crippen molar-refractivity contribution in [1.82, 2.24) is 10.3 Å². The van der Waals surface area contributed by atoms with Gasteiger partial charge in [-0.15, -0.1) is 0 Å². The van der Waals surface area contributed by atoms with Gasteiger partial charge < -0.3 is 10.1 Å². The number of carbonyl (C=O) groups is 1. The summed E-state index contributed by atoms with van der Waals surface area (Å²) in [7, 11) is 1.55. The highest BCUT2D eigenvalue weighted by Gasteiger charge is 2.10. The summed E-state index contributed by atoms with van der Waals surface area (Å²) in [5.74, 6) is 0.387. The second-order valence-corrected chi connectivity index (χ2v) is 6.04. The summed E-state index contributed by atoms with van der Waals surface area (Å²) in [6, 6.07) is 11.7. The Morgan fingerprint density at radius 1 is 1.27 bits per heavy atom. The fourth-order valence-corrected chi connectivity index (χ4v) is 2.31. The number of hydrogen-bond donors (Lipinski definition) is 1. The first-order valence-electron chi connectivity index (χ1n) is 7.14. The van der Waals surface area contributed by atoms with Gasteiger partial charge in [-0.3, -0.25) is 4.79 Å². The van der Waals surface area contributed by atoms with E-state index in [0.29, 0.717) is 11.4 Å². The van der Waals surface area contributed by atoms with Gasteiger partial charge in [0.15, 0.2) is 0 Å². The molecular weight excluding hydrogens is 344 g/mol. The Labute approximate surface area is 139 Å². The summed E-state index contributed by atoms with van der Waals surface area (Å²) < 4.78 is 6.05. The third-order valence-corrected chi connectivity index (χ3v) is 3.89. The van der Waals surface area contributed by atoms with Gasteiger partial charge in [0.25, 0.3) is 5.91 Å². The molecule has 1 aromatic heterocycles. The molecule has 0 saturated carbocycles. The summed E-state index contributed by atoms with van der Waals surface area (Å²) in [5, 5.41) is 2.99. The van der Waals surface area contributed by atoms with Crippen LogP contribution in [0, 0.1) is 0 Å². The first-order chi connectivity index (χ1) is 10.6. The second-order valence-electron chi connectivity index (χ2n) is 5.13. The Balaban J connectivity index is 1.83. The molecule has 0 aliphatic heterocycles. The third-order valence-electron chi connectivity index (χ3n) is 3.36. The smallest absolute Gasteiger partial charge is 0.253 e. The van der Waals surface area contributed by atoms with E-state index in [1.54, 1.807) is 19.2 Å². The quantitative estimate of drug-likeness (QED) is 0.853. The van der Waals surface area contributed by atoms with E-state index >= 15 is 0 Å². The van der Waals surface area contributed by atoms with Crippen LogP contribution < -0.4 is 10.1 Å². The zero-order valence-corrected chi connectivity index (χ0v) is 14.3. The fraction of sp³-hybridized carbons (Fsp3) is 0.294. The average Bonchev–Trinajstić information content (AvgIpc) is 2.54. The number of aromatic nitrogens is 1. The van der Waals surface area contributed by atoms with Gasteiger partial charge in [-0.2, -0.15) is 0 Å². The number of hydrogen-bond acceptors (Lipinski definition) is 3. The highest BCUT2D eigenvalue weighted by atomic mass is 79.9. The Bertz CT molecular complexity index is 612. The molecule has 2 rings (SSSR count). The zero-order chi connectivity index (χ0) is 15.9. The standard InChI is InChI=1S/C17H19BrN2O2/c1-12(3-4-13-5-8-15(18)9-6-13)20-17(21)14-7-10-16(22-2)19-11-14/h5-12H,3-4H2,1-2H3,(H,20,21). The van der Waals surface area contributed by atoms with Crippen LogP contribution in [0.5, 0.6) is 5.88 Å². The number of aryl methyl sites for hydroxylation is 1. The molecule has 1 N–H and O–H groups in total. The molecular formula is C17H19BrN2O2. The van der Waals surface area contributed by atoms with Crippen molar-refractivity contribution in [3.8, 4) is 5.88 Å². The summed E-state index contributed by atoms with van der Waals surface area (Å²) >= 11 is 3.42. The number of benzene rings is 1. The molecule has 0 spiro atoms. The van der Waals surface area contributed by atoms with Crippen LogP contribution in [0.15, 0.2) is 47.1 Å². The maximum Gasteiger partial charge on any atom is 0.253 e. The van der Waals surface area contributed by atoms with Crippen LogP contribution in [0.4, 0.5) is 0 Å². The lowest BCUT2D eigenvalue weighted by Crippen LogP contribution is -2.32. The molecule has 1 aromatic carbocycles. The van der Waals surface area contributed by atoms with E-state index in [2.05, 4.69) is 38.4 Å². The largest absolute Gasteiger partial charge is 0.481 e. The lowest BCUT2D eigenvalue weighted by atomic mass is 10.1. The lowest BCUT2D eigenvalue weighted by molar-refractivity contribution is 0.0938. The number of rotatable bonds is 6. The molecule has 2 aromatic rings. The van der Waals surface area contributed by atoms with E-state index in [4.69, 9.17) is 4.74 Å². The van der Waals surface area contributed by atoms with Gasteiger partial charge in [-0.1, -0.05) is 28.1 Å². The number of nitrogens with one attached hydrogen (secondary N) is 1. The molecule has 0 bridgehead atoms. The molecule has 1 atom stereocenters. The van der Waals surface area contributed by atoms with Crippen LogP contribution in [0.25, 0.3) is 0 Å². The topological polar surface area (TPSA) is 51.2 Å². The third kappa shape index (κ3) is 4.84. The Kier molecular flexibility index (Phi) is 5.95. The van der Waals surface area contributed by atoms with E-state index in [1.165, 1.54) is 11.8 Å². The summed E-state index contributed by atoms with van der Waals surface area (Å²) in [6.45, 7) is 2.01. The highest BCUT2D eigenvalue weighted by Crippen LogP contribution is 2.13. The van der Waals surface area contributed by atoms with Gasteiger partial charge in [0.2, 0.25) is 5.88 Å². The minimum Gasteiger partial charge on any atom is -0.481 e. The lowest BCUT2D eigenvalue weighted by Gasteiger charge is -2.14. The van der Waals surface area contributed by atoms with Crippen molar-refractivity contribution in [2.75, 3.05) is 7.11 Å². The van der Waals surface area contributed by atoms with Gasteiger partial charge in [0.1, 0.15) is 0 Å². The number of ether oxygens (including phenoxy) is 1. The molecule has 22 heavy (non-hydrogen) atoms. The molecule has 1 heterocycles. The van der Waals surface area contributed by atoms with Gasteiger partial charge in [-0.05, 0) is 43.5 Å². The van der Waals surface area contributed by atoms with Crippen molar-refractivity contribution >= 4 is 21.8 Å². The van der Waals surface area contributed by atoms with Crippen molar-refractivity contribution in [1.29, 1.82) is 0 Å². The second kappa shape index (κ2) is 7.94. The van der Waals surface area contributed by atoms with Crippen molar-refractivity contribution < 1.29 is 9.53 Å². The number of carbonyl (C=O) groups excluding carboxylic acids is 1. The van der Waals surface area contributed by atoms with E-state index in [-0.39, 0.29) is 11.9 Å². The molecule has 0 fully saturated rings. The van der Waals surface area contributed by atoms with Crippen LogP contribution in [-0.4, -0.2) is 24.0 Å². The first kappa shape index (κ1) is 16.5. The molecule has 4 nitrogen and oxygen atoms in total. The number of halogens is 1. The monoisotopic (exact) mass is 362 g/mol. The number of amides is 1. The van der Waals surface area contributed by atoms with Crippen LogP contribution in [-0.2, 0) is 6.42 Å². The minimum atomic E-state index is -0.113. The van der Waals surface area contributed by atoms with E-state index in [9.17, 15) is 4.79 Å². The molecule has 1 amide bonds. The number of nitrogens with zero attached hydrogens (tertiary/aromatic N) is 1. The predicted molar refractivity (Wildman–Crippen MR) is 90.2 cm³/mol. The summed E-state index contributed by atoms with van der Waals surface area (Å²) in [4.78, 5) is 16.2. The van der Waals surface area contributed by atoms with Crippen LogP contribution in [0.3, 0.4) is 0 Å². The van der Waals surface area contributed by atoms with Gasteiger partial charge in [-0.25, -0.2) is 4.98 Å². The summed E-state index contributed by atoms with van der Waals surface area (Å²) in [5.41, 5.74) is 1.80. The van der Waals surface area contributed by atoms with Crippen molar-refractivity contribution in [3.05, 3.63) is 58.2 Å². The van der Waals surface area contributed by atoms with Gasteiger partial charge in [0, 0.05) is 22.8 Å². The molecule has 116 valence electrons. The van der Waals surface area contributed by atoms with Crippen molar-refractivity contribution in [3.63, 3.8) is 0 Å². The molecule has 0 aliphatic rings. The molecule has 0 radical (unpaired) electrons. The Morgan fingerprint density at radius 3 is 2.59 bits per heavy atom. The van der Waals surface area contributed by atoms with Gasteiger partial charge >= 0.3 is 0 Å². The van der Waals surface area contributed by atoms with E-state index in [1.807, 2.05) is 19.1 Å². The maximum atomic E-state index is 12.1. The normalized spacial score (nSPS) is 11.8. The highest BCUT2D eigenvalue weighted by molar-refractivity contribution is 9.10.